The van der Waals surface area contributed by atoms with Gasteiger partial charge in [0.1, 0.15) is 0 Å². The zero-order valence-electron chi connectivity index (χ0n) is 9.17. The van der Waals surface area contributed by atoms with E-state index < -0.39 is 11.9 Å². The van der Waals surface area contributed by atoms with E-state index in [9.17, 15) is 13.2 Å². The molecule has 2 nitrogen and oxygen atoms in total. The summed E-state index contributed by atoms with van der Waals surface area (Å²) in [6.07, 6.45) is -3.96. The van der Waals surface area contributed by atoms with Crippen LogP contribution in [0.4, 0.5) is 13.2 Å². The van der Waals surface area contributed by atoms with Crippen molar-refractivity contribution < 1.29 is 13.2 Å². The molecule has 0 aliphatic heterocycles. The fourth-order valence-corrected chi connectivity index (χ4v) is 1.75. The number of H-pyrrole nitrogens is 1. The predicted molar refractivity (Wildman–Crippen MR) is 58.4 cm³/mol. The molecule has 5 heteroatoms. The molecule has 1 heterocycles. The molecule has 0 bridgehead atoms. The number of nitrogens with one attached hydrogen (secondary N) is 1. The number of aromatic nitrogens is 2. The van der Waals surface area contributed by atoms with E-state index in [2.05, 4.69) is 10.2 Å². The van der Waals surface area contributed by atoms with Crippen LogP contribution in [0.25, 0.3) is 11.1 Å². The van der Waals surface area contributed by atoms with Crippen LogP contribution in [0.5, 0.6) is 0 Å². The van der Waals surface area contributed by atoms with Crippen molar-refractivity contribution in [2.45, 2.75) is 19.5 Å². The largest absolute Gasteiger partial charge is 0.435 e. The lowest BCUT2D eigenvalue weighted by Crippen LogP contribution is -2.07. The molecule has 0 radical (unpaired) electrons. The number of alkyl halides is 3. The smallest absolute Gasteiger partial charge is 0.281 e. The van der Waals surface area contributed by atoms with Gasteiger partial charge in [-0.25, -0.2) is 0 Å². The Bertz CT molecular complexity index is 500. The summed E-state index contributed by atoms with van der Waals surface area (Å²) >= 11 is 0. The van der Waals surface area contributed by atoms with Crippen LogP contribution in [0.15, 0.2) is 30.3 Å². The maximum absolute atomic E-state index is 12.8. The van der Waals surface area contributed by atoms with Crippen LogP contribution in [0.3, 0.4) is 0 Å². The van der Waals surface area contributed by atoms with Crippen molar-refractivity contribution in [2.24, 2.45) is 0 Å². The third-order valence-corrected chi connectivity index (χ3v) is 2.53. The second kappa shape index (κ2) is 4.24. The highest BCUT2D eigenvalue weighted by Gasteiger charge is 2.38. The Hall–Kier alpha value is -1.78. The van der Waals surface area contributed by atoms with Crippen molar-refractivity contribution in [1.82, 2.24) is 10.2 Å². The number of halogens is 3. The number of rotatable bonds is 2. The van der Waals surface area contributed by atoms with Gasteiger partial charge in [-0.2, -0.15) is 18.3 Å². The van der Waals surface area contributed by atoms with Gasteiger partial charge in [0.25, 0.3) is 0 Å². The van der Waals surface area contributed by atoms with Crippen molar-refractivity contribution in [1.29, 1.82) is 0 Å². The molecule has 17 heavy (non-hydrogen) atoms. The van der Waals surface area contributed by atoms with Gasteiger partial charge in [0.2, 0.25) is 0 Å². The minimum atomic E-state index is -4.44. The number of hydrogen-bond acceptors (Lipinski definition) is 1. The standard InChI is InChI=1S/C12H11F3N2/c1-2-9-10(8-6-4-3-5-7-8)11(17-16-9)12(13,14)15/h3-7H,2H2,1H3,(H,16,17). The Morgan fingerprint density at radius 1 is 1.18 bits per heavy atom. The third-order valence-electron chi connectivity index (χ3n) is 2.53. The summed E-state index contributed by atoms with van der Waals surface area (Å²) in [5.41, 5.74) is 0.343. The third kappa shape index (κ3) is 2.18. The van der Waals surface area contributed by atoms with Crippen LogP contribution in [0.1, 0.15) is 18.3 Å². The van der Waals surface area contributed by atoms with Crippen LogP contribution >= 0.6 is 0 Å². The first-order chi connectivity index (χ1) is 8.04. The maximum Gasteiger partial charge on any atom is 0.435 e. The van der Waals surface area contributed by atoms with E-state index in [1.165, 1.54) is 0 Å². The second-order valence-electron chi connectivity index (χ2n) is 3.64. The van der Waals surface area contributed by atoms with Crippen LogP contribution < -0.4 is 0 Å². The summed E-state index contributed by atoms with van der Waals surface area (Å²) in [6, 6.07) is 8.49. The molecule has 2 rings (SSSR count). The molecule has 0 saturated carbocycles. The number of hydrogen-bond donors (Lipinski definition) is 1. The molecule has 0 unspecified atom stereocenters. The molecule has 0 atom stereocenters. The second-order valence-corrected chi connectivity index (χ2v) is 3.64. The Morgan fingerprint density at radius 2 is 1.82 bits per heavy atom. The number of benzene rings is 1. The fraction of sp³-hybridized carbons (Fsp3) is 0.250. The first kappa shape index (κ1) is 11.7. The van der Waals surface area contributed by atoms with Gasteiger partial charge in [-0.05, 0) is 12.0 Å². The minimum absolute atomic E-state index is 0.153. The van der Waals surface area contributed by atoms with Gasteiger partial charge >= 0.3 is 6.18 Å². The van der Waals surface area contributed by atoms with Crippen molar-refractivity contribution >= 4 is 0 Å². The zero-order valence-corrected chi connectivity index (χ0v) is 9.17. The van der Waals surface area contributed by atoms with E-state index in [4.69, 9.17) is 0 Å². The van der Waals surface area contributed by atoms with Crippen molar-refractivity contribution in [3.8, 4) is 11.1 Å². The summed E-state index contributed by atoms with van der Waals surface area (Å²) in [5, 5.41) is 5.84. The SMILES string of the molecule is CCc1[nH]nc(C(F)(F)F)c1-c1ccccc1. The van der Waals surface area contributed by atoms with E-state index in [1.54, 1.807) is 37.3 Å². The summed E-state index contributed by atoms with van der Waals surface area (Å²) in [7, 11) is 0. The lowest BCUT2D eigenvalue weighted by Gasteiger charge is -2.07. The highest BCUT2D eigenvalue weighted by Crippen LogP contribution is 2.37. The highest BCUT2D eigenvalue weighted by molar-refractivity contribution is 5.69. The van der Waals surface area contributed by atoms with E-state index in [0.717, 1.165) is 0 Å². The van der Waals surface area contributed by atoms with Gasteiger partial charge < -0.3 is 0 Å². The van der Waals surface area contributed by atoms with E-state index in [-0.39, 0.29) is 5.56 Å². The van der Waals surface area contributed by atoms with E-state index >= 15 is 0 Å². The number of nitrogens with zero attached hydrogens (tertiary/aromatic N) is 1. The lowest BCUT2D eigenvalue weighted by molar-refractivity contribution is -0.140. The molecule has 90 valence electrons. The zero-order chi connectivity index (χ0) is 12.5. The average Bonchev–Trinajstić information content (AvgIpc) is 2.73. The predicted octanol–water partition coefficient (Wildman–Crippen LogP) is 3.66. The molecule has 0 fully saturated rings. The molecular weight excluding hydrogens is 229 g/mol. The topological polar surface area (TPSA) is 28.7 Å². The van der Waals surface area contributed by atoms with Gasteiger partial charge in [-0.1, -0.05) is 37.3 Å². The first-order valence-electron chi connectivity index (χ1n) is 5.24. The normalized spacial score (nSPS) is 11.8. The molecule has 2 aromatic rings. The summed E-state index contributed by atoms with van der Waals surface area (Å²) in [6.45, 7) is 1.79. The number of aryl methyl sites for hydroxylation is 1. The molecule has 0 amide bonds. The molecule has 1 aromatic heterocycles. The Kier molecular flexibility index (Phi) is 2.92. The molecule has 1 N–H and O–H groups in total. The monoisotopic (exact) mass is 240 g/mol. The summed E-state index contributed by atoms with van der Waals surface area (Å²) < 4.78 is 38.4. The summed E-state index contributed by atoms with van der Waals surface area (Å²) in [4.78, 5) is 0. The molecule has 0 spiro atoms. The molecule has 0 saturated heterocycles. The highest BCUT2D eigenvalue weighted by atomic mass is 19.4. The van der Waals surface area contributed by atoms with Gasteiger partial charge in [-0.15, -0.1) is 0 Å². The minimum Gasteiger partial charge on any atom is -0.281 e. The average molecular weight is 240 g/mol. The lowest BCUT2D eigenvalue weighted by atomic mass is 10.0. The van der Waals surface area contributed by atoms with Crippen LogP contribution in [0, 0.1) is 0 Å². The van der Waals surface area contributed by atoms with Crippen molar-refractivity contribution in [3.63, 3.8) is 0 Å². The van der Waals surface area contributed by atoms with Crippen LogP contribution in [-0.4, -0.2) is 10.2 Å². The van der Waals surface area contributed by atoms with Crippen LogP contribution in [-0.2, 0) is 12.6 Å². The number of aromatic amines is 1. The van der Waals surface area contributed by atoms with Gasteiger partial charge in [0.15, 0.2) is 5.69 Å². The van der Waals surface area contributed by atoms with Crippen molar-refractivity contribution in [2.75, 3.05) is 0 Å². The maximum atomic E-state index is 12.8. The molecule has 0 aliphatic rings. The molecule has 1 aromatic carbocycles. The first-order valence-corrected chi connectivity index (χ1v) is 5.24. The van der Waals surface area contributed by atoms with Crippen molar-refractivity contribution in [3.05, 3.63) is 41.7 Å². The Balaban J connectivity index is 2.62. The quantitative estimate of drug-likeness (QED) is 0.852. The van der Waals surface area contributed by atoms with Gasteiger partial charge in [0.05, 0.1) is 0 Å². The van der Waals surface area contributed by atoms with E-state index in [0.29, 0.717) is 17.7 Å². The van der Waals surface area contributed by atoms with Crippen LogP contribution in [0.2, 0.25) is 0 Å². The van der Waals surface area contributed by atoms with E-state index in [1.807, 2.05) is 0 Å². The fourth-order valence-electron chi connectivity index (χ4n) is 1.75. The summed E-state index contributed by atoms with van der Waals surface area (Å²) in [5.74, 6) is 0. The molecule has 0 aliphatic carbocycles. The van der Waals surface area contributed by atoms with Gasteiger partial charge in [0, 0.05) is 11.3 Å². The molecular formula is C12H11F3N2. The Labute approximate surface area is 96.5 Å². The Morgan fingerprint density at radius 3 is 2.35 bits per heavy atom. The van der Waals surface area contributed by atoms with Gasteiger partial charge in [-0.3, -0.25) is 5.10 Å².